The minimum atomic E-state index is -0.0942. The molecule has 0 aromatic heterocycles. The van der Waals surface area contributed by atoms with Gasteiger partial charge in [-0.15, -0.1) is 6.58 Å². The van der Waals surface area contributed by atoms with Crippen molar-refractivity contribution in [2.45, 2.75) is 13.8 Å². The van der Waals surface area contributed by atoms with E-state index in [1.807, 2.05) is 32.1 Å². The van der Waals surface area contributed by atoms with Gasteiger partial charge in [0.1, 0.15) is 10.1 Å². The van der Waals surface area contributed by atoms with Gasteiger partial charge >= 0.3 is 0 Å². The van der Waals surface area contributed by atoms with Gasteiger partial charge in [-0.05, 0) is 48.7 Å². The highest BCUT2D eigenvalue weighted by Crippen LogP contribution is 2.33. The van der Waals surface area contributed by atoms with Gasteiger partial charge in [0.25, 0.3) is 5.91 Å². The molecule has 1 amide bonds. The number of carbonyl (C=O) groups is 1. The van der Waals surface area contributed by atoms with Gasteiger partial charge in [0.15, 0.2) is 0 Å². The van der Waals surface area contributed by atoms with Crippen LogP contribution in [0.3, 0.4) is 0 Å². The van der Waals surface area contributed by atoms with E-state index in [0.29, 0.717) is 21.5 Å². The lowest BCUT2D eigenvalue weighted by Crippen LogP contribution is -2.27. The second-order valence-corrected chi connectivity index (χ2v) is 6.26. The van der Waals surface area contributed by atoms with Crippen LogP contribution in [-0.2, 0) is 4.79 Å². The molecule has 1 saturated heterocycles. The van der Waals surface area contributed by atoms with Crippen molar-refractivity contribution < 1.29 is 9.90 Å². The summed E-state index contributed by atoms with van der Waals surface area (Å²) in [5, 5.41) is 9.76. The van der Waals surface area contributed by atoms with E-state index >= 15 is 0 Å². The molecule has 1 aromatic rings. The molecule has 0 unspecified atom stereocenters. The largest absolute Gasteiger partial charge is 0.507 e. The number of benzene rings is 1. The predicted molar refractivity (Wildman–Crippen MR) is 87.7 cm³/mol. The average molecular weight is 305 g/mol. The Labute approximate surface area is 128 Å². The summed E-state index contributed by atoms with van der Waals surface area (Å²) in [6.45, 7) is 7.72. The molecule has 1 heterocycles. The van der Waals surface area contributed by atoms with Crippen LogP contribution < -0.4 is 0 Å². The van der Waals surface area contributed by atoms with Crippen molar-refractivity contribution in [2.24, 2.45) is 0 Å². The van der Waals surface area contributed by atoms with Crippen LogP contribution in [0, 0.1) is 13.8 Å². The summed E-state index contributed by atoms with van der Waals surface area (Å²) in [7, 11) is 0. The van der Waals surface area contributed by atoms with Crippen molar-refractivity contribution in [1.29, 1.82) is 0 Å². The van der Waals surface area contributed by atoms with E-state index < -0.39 is 0 Å². The van der Waals surface area contributed by atoms with Gasteiger partial charge in [0.2, 0.25) is 0 Å². The Kier molecular flexibility index (Phi) is 4.30. The summed E-state index contributed by atoms with van der Waals surface area (Å²) in [5.41, 5.74) is 2.47. The van der Waals surface area contributed by atoms with Crippen molar-refractivity contribution in [3.63, 3.8) is 0 Å². The number of phenols is 1. The number of thioether (sulfide) groups is 1. The molecule has 0 bridgehead atoms. The zero-order chi connectivity index (χ0) is 14.9. The van der Waals surface area contributed by atoms with Crippen molar-refractivity contribution in [1.82, 2.24) is 4.90 Å². The van der Waals surface area contributed by atoms with Crippen LogP contribution >= 0.6 is 24.0 Å². The molecule has 0 atom stereocenters. The number of carbonyl (C=O) groups excluding carboxylic acids is 1. The SMILES string of the molecule is C=CCN1C(=O)C(=Cc2cc(C)c(O)c(C)c2)SC1=S. The van der Waals surface area contributed by atoms with Gasteiger partial charge in [0, 0.05) is 6.54 Å². The predicted octanol–water partition coefficient (Wildman–Crippen LogP) is 3.40. The molecule has 1 aromatic carbocycles. The van der Waals surface area contributed by atoms with Crippen LogP contribution in [0.4, 0.5) is 0 Å². The summed E-state index contributed by atoms with van der Waals surface area (Å²) in [6.07, 6.45) is 3.46. The Hall–Kier alpha value is -1.59. The monoisotopic (exact) mass is 305 g/mol. The summed E-state index contributed by atoms with van der Waals surface area (Å²) >= 11 is 6.48. The fourth-order valence-corrected chi connectivity index (χ4v) is 3.29. The van der Waals surface area contributed by atoms with E-state index in [1.54, 1.807) is 6.08 Å². The highest BCUT2D eigenvalue weighted by atomic mass is 32.2. The number of phenolic OH excluding ortho intramolecular Hbond substituents is 1. The number of hydrogen-bond donors (Lipinski definition) is 1. The molecule has 1 fully saturated rings. The van der Waals surface area contributed by atoms with Crippen molar-refractivity contribution in [3.8, 4) is 5.75 Å². The Morgan fingerprint density at radius 2 is 2.00 bits per heavy atom. The minimum absolute atomic E-state index is 0.0942. The van der Waals surface area contributed by atoms with E-state index in [0.717, 1.165) is 16.7 Å². The van der Waals surface area contributed by atoms with Gasteiger partial charge in [-0.2, -0.15) is 0 Å². The molecule has 2 rings (SSSR count). The van der Waals surface area contributed by atoms with Crippen LogP contribution in [0.1, 0.15) is 16.7 Å². The van der Waals surface area contributed by atoms with Crippen LogP contribution in [0.2, 0.25) is 0 Å². The summed E-state index contributed by atoms with van der Waals surface area (Å²) in [6, 6.07) is 3.70. The molecule has 0 spiro atoms. The molecule has 1 aliphatic heterocycles. The first-order valence-electron chi connectivity index (χ1n) is 6.10. The Bertz CT molecular complexity index is 612. The maximum absolute atomic E-state index is 12.2. The number of aromatic hydroxyl groups is 1. The van der Waals surface area contributed by atoms with Gasteiger partial charge in [-0.25, -0.2) is 0 Å². The van der Waals surface area contributed by atoms with Crippen molar-refractivity contribution >= 4 is 40.3 Å². The molecule has 3 nitrogen and oxygen atoms in total. The average Bonchev–Trinajstić information content (AvgIpc) is 2.64. The smallest absolute Gasteiger partial charge is 0.266 e. The number of amides is 1. The molecule has 20 heavy (non-hydrogen) atoms. The van der Waals surface area contributed by atoms with Gasteiger partial charge < -0.3 is 5.11 Å². The molecule has 5 heteroatoms. The van der Waals surface area contributed by atoms with Crippen LogP contribution in [0.15, 0.2) is 29.7 Å². The van der Waals surface area contributed by atoms with Crippen LogP contribution in [0.25, 0.3) is 6.08 Å². The zero-order valence-electron chi connectivity index (χ0n) is 11.3. The Morgan fingerprint density at radius 3 is 2.55 bits per heavy atom. The molecule has 0 aliphatic carbocycles. The fraction of sp³-hybridized carbons (Fsp3) is 0.200. The second-order valence-electron chi connectivity index (χ2n) is 4.58. The Balaban J connectivity index is 2.35. The highest BCUT2D eigenvalue weighted by Gasteiger charge is 2.30. The minimum Gasteiger partial charge on any atom is -0.507 e. The summed E-state index contributed by atoms with van der Waals surface area (Å²) < 4.78 is 0.549. The topological polar surface area (TPSA) is 40.5 Å². The third kappa shape index (κ3) is 2.78. The fourth-order valence-electron chi connectivity index (χ4n) is 2.01. The molecular formula is C15H15NO2S2. The molecule has 0 radical (unpaired) electrons. The number of nitrogens with zero attached hydrogens (tertiary/aromatic N) is 1. The van der Waals surface area contributed by atoms with E-state index in [4.69, 9.17) is 12.2 Å². The molecule has 1 aliphatic rings. The van der Waals surface area contributed by atoms with E-state index in [-0.39, 0.29) is 5.91 Å². The van der Waals surface area contributed by atoms with E-state index in [1.165, 1.54) is 16.7 Å². The normalized spacial score (nSPS) is 17.1. The number of hydrogen-bond acceptors (Lipinski definition) is 4. The van der Waals surface area contributed by atoms with Gasteiger partial charge in [-0.1, -0.05) is 30.1 Å². The first-order valence-corrected chi connectivity index (χ1v) is 7.33. The molecular weight excluding hydrogens is 290 g/mol. The summed E-state index contributed by atoms with van der Waals surface area (Å²) in [4.78, 5) is 14.3. The number of rotatable bonds is 3. The van der Waals surface area contributed by atoms with E-state index in [9.17, 15) is 9.90 Å². The Morgan fingerprint density at radius 1 is 1.40 bits per heavy atom. The molecule has 1 N–H and O–H groups in total. The quantitative estimate of drug-likeness (QED) is 0.528. The lowest BCUT2D eigenvalue weighted by Gasteiger charge is -2.10. The third-order valence-corrected chi connectivity index (χ3v) is 4.37. The second kappa shape index (κ2) is 5.81. The van der Waals surface area contributed by atoms with Crippen molar-refractivity contribution in [2.75, 3.05) is 6.54 Å². The lowest BCUT2D eigenvalue weighted by molar-refractivity contribution is -0.121. The first-order chi connectivity index (χ1) is 9.43. The highest BCUT2D eigenvalue weighted by molar-refractivity contribution is 8.26. The lowest BCUT2D eigenvalue weighted by atomic mass is 10.1. The van der Waals surface area contributed by atoms with E-state index in [2.05, 4.69) is 6.58 Å². The van der Waals surface area contributed by atoms with Crippen molar-refractivity contribution in [3.05, 3.63) is 46.4 Å². The van der Waals surface area contributed by atoms with Gasteiger partial charge in [-0.3, -0.25) is 9.69 Å². The third-order valence-electron chi connectivity index (χ3n) is 3.00. The van der Waals surface area contributed by atoms with Crippen LogP contribution in [-0.4, -0.2) is 26.8 Å². The summed E-state index contributed by atoms with van der Waals surface area (Å²) in [5.74, 6) is 0.199. The first kappa shape index (κ1) is 14.8. The van der Waals surface area contributed by atoms with Crippen LogP contribution in [0.5, 0.6) is 5.75 Å². The molecule has 104 valence electrons. The number of thiocarbonyl (C=S) groups is 1. The maximum atomic E-state index is 12.2. The zero-order valence-corrected chi connectivity index (χ0v) is 13.0. The standard InChI is InChI=1S/C15H15NO2S2/c1-4-5-16-14(18)12(20-15(16)19)8-11-6-9(2)13(17)10(3)7-11/h4,6-8,17H,1,5H2,2-3H3. The number of aryl methyl sites for hydroxylation is 2. The molecule has 0 saturated carbocycles. The maximum Gasteiger partial charge on any atom is 0.266 e. The van der Waals surface area contributed by atoms with Gasteiger partial charge in [0.05, 0.1) is 4.91 Å².